The molecule has 4 nitrogen and oxygen atoms in total. The van der Waals surface area contributed by atoms with E-state index in [0.717, 1.165) is 18.6 Å². The summed E-state index contributed by atoms with van der Waals surface area (Å²) in [6, 6.07) is 0. The lowest BCUT2D eigenvalue weighted by Gasteiger charge is -2.13. The van der Waals surface area contributed by atoms with Gasteiger partial charge in [-0.25, -0.2) is 0 Å². The quantitative estimate of drug-likeness (QED) is 0.392. The minimum atomic E-state index is -2.90. The summed E-state index contributed by atoms with van der Waals surface area (Å²) in [6.07, 6.45) is 2.39. The van der Waals surface area contributed by atoms with Gasteiger partial charge >= 0.3 is 7.60 Å². The topological polar surface area (TPSA) is 59.4 Å². The summed E-state index contributed by atoms with van der Waals surface area (Å²) >= 11 is 1.52. The summed E-state index contributed by atoms with van der Waals surface area (Å²) in [6.45, 7) is 6.26. The first-order valence-corrected chi connectivity index (χ1v) is 8.56. The molecule has 0 amide bonds. The maximum Gasteiger partial charge on any atom is 0.327 e. The van der Waals surface area contributed by atoms with Crippen LogP contribution >= 0.6 is 19.4 Å². The molecule has 1 atom stereocenters. The van der Waals surface area contributed by atoms with Crippen molar-refractivity contribution in [1.29, 1.82) is 5.41 Å². The van der Waals surface area contributed by atoms with Gasteiger partial charge in [-0.2, -0.15) is 0 Å². The fourth-order valence-corrected chi connectivity index (χ4v) is 2.59. The van der Waals surface area contributed by atoms with E-state index in [-0.39, 0.29) is 0 Å². The van der Waals surface area contributed by atoms with Crippen LogP contribution in [0.25, 0.3) is 0 Å². The normalized spacial score (nSPS) is 14.7. The van der Waals surface area contributed by atoms with Crippen LogP contribution in [0.3, 0.4) is 0 Å². The number of hydrogen-bond donors (Lipinski definition) is 1. The molecule has 0 spiro atoms. The molecular weight excluding hydrogens is 245 g/mol. The van der Waals surface area contributed by atoms with E-state index in [0.29, 0.717) is 24.7 Å². The minimum absolute atomic E-state index is 0.299. The number of rotatable bonds is 9. The molecule has 1 N–H and O–H groups in total. The average molecular weight is 267 g/mol. The Bertz CT molecular complexity index is 248. The third-order valence-electron chi connectivity index (χ3n) is 1.67. The van der Waals surface area contributed by atoms with Crippen molar-refractivity contribution in [2.45, 2.75) is 33.1 Å². The van der Waals surface area contributed by atoms with E-state index in [1.54, 1.807) is 0 Å². The average Bonchev–Trinajstić information content (AvgIpc) is 2.23. The number of thioether (sulfide) groups is 1. The fourth-order valence-electron chi connectivity index (χ4n) is 0.896. The van der Waals surface area contributed by atoms with Crippen LogP contribution in [0.1, 0.15) is 33.1 Å². The van der Waals surface area contributed by atoms with E-state index in [4.69, 9.17) is 14.5 Å². The molecule has 0 aromatic heterocycles. The highest BCUT2D eigenvalue weighted by atomic mass is 32.2. The second-order valence-electron chi connectivity index (χ2n) is 3.46. The third kappa shape index (κ3) is 9.40. The Morgan fingerprint density at radius 3 is 2.44 bits per heavy atom. The van der Waals surface area contributed by atoms with E-state index in [1.807, 2.05) is 6.92 Å². The first kappa shape index (κ1) is 16.2. The lowest BCUT2D eigenvalue weighted by molar-refractivity contribution is 0.213. The van der Waals surface area contributed by atoms with Gasteiger partial charge < -0.3 is 9.05 Å². The molecule has 0 fully saturated rings. The molecule has 0 saturated carbocycles. The second-order valence-corrected chi connectivity index (χ2v) is 6.71. The zero-order chi connectivity index (χ0) is 12.4. The molecule has 0 bridgehead atoms. The maximum atomic E-state index is 11.6. The van der Waals surface area contributed by atoms with E-state index in [1.165, 1.54) is 18.4 Å². The van der Waals surface area contributed by atoms with Gasteiger partial charge in [0.15, 0.2) is 0 Å². The van der Waals surface area contributed by atoms with Gasteiger partial charge in [0.1, 0.15) is 0 Å². The van der Waals surface area contributed by atoms with Crippen molar-refractivity contribution in [1.82, 2.24) is 0 Å². The first-order valence-electron chi connectivity index (χ1n) is 5.58. The van der Waals surface area contributed by atoms with Gasteiger partial charge in [0, 0.05) is 13.1 Å². The van der Waals surface area contributed by atoms with E-state index in [2.05, 4.69) is 6.92 Å². The van der Waals surface area contributed by atoms with Crippen LogP contribution in [0, 0.1) is 5.41 Å². The number of hydrogen-bond acceptors (Lipinski definition) is 5. The number of nitrogens with one attached hydrogen (secondary N) is 1. The van der Waals surface area contributed by atoms with Crippen LogP contribution in [-0.2, 0) is 13.6 Å². The maximum absolute atomic E-state index is 11.6. The summed E-state index contributed by atoms with van der Waals surface area (Å²) in [5, 5.41) is 8.17. The van der Waals surface area contributed by atoms with Gasteiger partial charge in [0.2, 0.25) is 0 Å². The third-order valence-corrected chi connectivity index (χ3v) is 4.13. The van der Waals surface area contributed by atoms with Crippen molar-refractivity contribution in [2.75, 3.05) is 25.6 Å². The van der Waals surface area contributed by atoms with Crippen molar-refractivity contribution in [3.05, 3.63) is 0 Å². The molecule has 0 aromatic carbocycles. The zero-order valence-electron chi connectivity index (χ0n) is 10.3. The molecule has 0 aliphatic rings. The van der Waals surface area contributed by atoms with Crippen molar-refractivity contribution in [3.8, 4) is 0 Å². The molecule has 0 heterocycles. The van der Waals surface area contributed by atoms with Crippen molar-refractivity contribution >= 4 is 24.4 Å². The lowest BCUT2D eigenvalue weighted by Crippen LogP contribution is -2.01. The summed E-state index contributed by atoms with van der Waals surface area (Å²) in [5.41, 5.74) is 0. The first-order chi connectivity index (χ1) is 7.52. The van der Waals surface area contributed by atoms with E-state index >= 15 is 0 Å². The summed E-state index contributed by atoms with van der Waals surface area (Å²) in [5.74, 6) is 0.953. The zero-order valence-corrected chi connectivity index (χ0v) is 12.0. The van der Waals surface area contributed by atoms with E-state index in [9.17, 15) is 4.57 Å². The van der Waals surface area contributed by atoms with Gasteiger partial charge in [0.05, 0.1) is 18.3 Å². The second kappa shape index (κ2) is 9.23. The summed E-state index contributed by atoms with van der Waals surface area (Å²) in [7, 11) is -2.90. The molecular formula is C10H22NO3PS. The Hall–Kier alpha value is 0.170. The summed E-state index contributed by atoms with van der Waals surface area (Å²) < 4.78 is 21.9. The highest BCUT2D eigenvalue weighted by Crippen LogP contribution is 2.43. The van der Waals surface area contributed by atoms with E-state index < -0.39 is 7.60 Å². The lowest BCUT2D eigenvalue weighted by atomic mass is 10.5. The van der Waals surface area contributed by atoms with Gasteiger partial charge in [-0.15, -0.1) is 11.8 Å². The van der Waals surface area contributed by atoms with Gasteiger partial charge in [0.25, 0.3) is 0 Å². The SMILES string of the molecule is CCCOP(C)(=O)OCCC(=N)SCCC. The standard InChI is InChI=1S/C10H22NO3PS/c1-4-7-13-15(3,12)14-8-6-10(11)16-9-5-2/h11H,4-9H2,1-3H3. The molecule has 0 aromatic rings. The molecule has 1 unspecified atom stereocenters. The summed E-state index contributed by atoms with van der Waals surface area (Å²) in [4.78, 5) is 0. The largest absolute Gasteiger partial charge is 0.327 e. The molecule has 96 valence electrons. The van der Waals surface area contributed by atoms with Gasteiger partial charge in [-0.05, 0) is 18.6 Å². The Labute approximate surface area is 103 Å². The van der Waals surface area contributed by atoms with Gasteiger partial charge in [-0.1, -0.05) is 13.8 Å². The Morgan fingerprint density at radius 1 is 1.25 bits per heavy atom. The van der Waals surface area contributed by atoms with Crippen molar-refractivity contribution < 1.29 is 13.6 Å². The van der Waals surface area contributed by atoms with Crippen LogP contribution in [0.5, 0.6) is 0 Å². The molecule has 0 aliphatic heterocycles. The van der Waals surface area contributed by atoms with Crippen LogP contribution < -0.4 is 0 Å². The minimum Gasteiger partial charge on any atom is -0.309 e. The highest BCUT2D eigenvalue weighted by molar-refractivity contribution is 8.13. The monoisotopic (exact) mass is 267 g/mol. The molecule has 16 heavy (non-hydrogen) atoms. The van der Waals surface area contributed by atoms with Crippen molar-refractivity contribution in [2.24, 2.45) is 0 Å². The van der Waals surface area contributed by atoms with Crippen LogP contribution in [-0.4, -0.2) is 30.7 Å². The Kier molecular flexibility index (Phi) is 9.32. The predicted octanol–water partition coefficient (Wildman–Crippen LogP) is 3.76. The molecule has 0 rings (SSSR count). The Morgan fingerprint density at radius 2 is 1.88 bits per heavy atom. The fraction of sp³-hybridized carbons (Fsp3) is 0.900. The van der Waals surface area contributed by atoms with Crippen LogP contribution in [0.2, 0.25) is 0 Å². The molecule has 0 aliphatic carbocycles. The van der Waals surface area contributed by atoms with Crippen LogP contribution in [0.4, 0.5) is 0 Å². The smallest absolute Gasteiger partial charge is 0.309 e. The van der Waals surface area contributed by atoms with Gasteiger partial charge in [-0.3, -0.25) is 9.97 Å². The molecule has 0 saturated heterocycles. The molecule has 6 heteroatoms. The van der Waals surface area contributed by atoms with Crippen molar-refractivity contribution in [3.63, 3.8) is 0 Å². The van der Waals surface area contributed by atoms with Crippen LogP contribution in [0.15, 0.2) is 0 Å². The Balaban J connectivity index is 3.63. The molecule has 0 radical (unpaired) electrons. The highest BCUT2D eigenvalue weighted by Gasteiger charge is 2.16. The predicted molar refractivity (Wildman–Crippen MR) is 70.8 cm³/mol.